The second-order valence-electron chi connectivity index (χ2n) is 2.83. The largest absolute Gasteiger partial charge is 0.301 e. The molecule has 0 bridgehead atoms. The molecule has 0 saturated heterocycles. The van der Waals surface area contributed by atoms with Crippen molar-refractivity contribution in [1.29, 1.82) is 0 Å². The highest BCUT2D eigenvalue weighted by Gasteiger charge is 2.11. The number of amides is 1. The molecule has 0 heterocycles. The van der Waals surface area contributed by atoms with E-state index in [1.54, 1.807) is 5.43 Å². The fraction of sp³-hybridized carbons (Fsp3) is 0.714. The highest BCUT2D eigenvalue weighted by Crippen LogP contribution is 2.03. The second kappa shape index (κ2) is 4.85. The van der Waals surface area contributed by atoms with Gasteiger partial charge in [0, 0.05) is 6.42 Å². The molecule has 4 nitrogen and oxygen atoms in total. The van der Waals surface area contributed by atoms with Crippen LogP contribution in [-0.2, 0) is 9.59 Å². The van der Waals surface area contributed by atoms with Crippen LogP contribution in [0.1, 0.15) is 26.7 Å². The first-order chi connectivity index (χ1) is 5.07. The van der Waals surface area contributed by atoms with E-state index in [1.807, 2.05) is 13.8 Å². The Morgan fingerprint density at radius 1 is 1.45 bits per heavy atom. The molecule has 0 atom stereocenters. The predicted molar refractivity (Wildman–Crippen MR) is 41.4 cm³/mol. The normalized spacial score (nSPS) is 9.82. The van der Waals surface area contributed by atoms with Crippen molar-refractivity contribution in [1.82, 2.24) is 5.43 Å². The number of hydrogen-bond donors (Lipinski definition) is 2. The Morgan fingerprint density at radius 3 is 2.36 bits per heavy atom. The quantitative estimate of drug-likeness (QED) is 0.261. The smallest absolute Gasteiger partial charge is 0.289 e. The lowest BCUT2D eigenvalue weighted by molar-refractivity contribution is -0.138. The monoisotopic (exact) mass is 158 g/mol. The van der Waals surface area contributed by atoms with E-state index in [9.17, 15) is 9.59 Å². The molecule has 0 aliphatic heterocycles. The van der Waals surface area contributed by atoms with E-state index < -0.39 is 11.7 Å². The zero-order valence-electron chi connectivity index (χ0n) is 6.89. The molecule has 64 valence electrons. The fourth-order valence-electron chi connectivity index (χ4n) is 0.614. The number of hydrogen-bond acceptors (Lipinski definition) is 3. The summed E-state index contributed by atoms with van der Waals surface area (Å²) in [4.78, 5) is 21.3. The average molecular weight is 158 g/mol. The van der Waals surface area contributed by atoms with Crippen LogP contribution in [0.3, 0.4) is 0 Å². The van der Waals surface area contributed by atoms with E-state index in [2.05, 4.69) is 0 Å². The molecule has 0 aliphatic carbocycles. The Balaban J connectivity index is 3.61. The molecule has 1 amide bonds. The van der Waals surface area contributed by atoms with Crippen LogP contribution in [0.5, 0.6) is 0 Å². The maximum absolute atomic E-state index is 10.8. The van der Waals surface area contributed by atoms with Gasteiger partial charge in [-0.2, -0.15) is 0 Å². The first-order valence-electron chi connectivity index (χ1n) is 3.61. The van der Waals surface area contributed by atoms with Crippen molar-refractivity contribution in [2.24, 2.45) is 11.8 Å². The van der Waals surface area contributed by atoms with Crippen LogP contribution < -0.4 is 11.3 Å². The summed E-state index contributed by atoms with van der Waals surface area (Å²) in [5, 5.41) is 0. The number of carbonyl (C=O) groups is 2. The number of carbonyl (C=O) groups excluding carboxylic acids is 2. The third-order valence-electron chi connectivity index (χ3n) is 1.33. The van der Waals surface area contributed by atoms with Gasteiger partial charge >= 0.3 is 5.91 Å². The molecule has 0 aromatic heterocycles. The van der Waals surface area contributed by atoms with Crippen molar-refractivity contribution >= 4 is 11.7 Å². The molecule has 0 aliphatic rings. The van der Waals surface area contributed by atoms with E-state index in [0.29, 0.717) is 5.92 Å². The van der Waals surface area contributed by atoms with E-state index >= 15 is 0 Å². The third kappa shape index (κ3) is 4.50. The van der Waals surface area contributed by atoms with Crippen molar-refractivity contribution in [2.45, 2.75) is 26.7 Å². The summed E-state index contributed by atoms with van der Waals surface area (Å²) in [6.45, 7) is 3.99. The van der Waals surface area contributed by atoms with Crippen LogP contribution in [0.15, 0.2) is 0 Å². The van der Waals surface area contributed by atoms with Gasteiger partial charge < -0.3 is 0 Å². The van der Waals surface area contributed by atoms with Crippen molar-refractivity contribution in [2.75, 3.05) is 0 Å². The van der Waals surface area contributed by atoms with Gasteiger partial charge in [0.2, 0.25) is 5.78 Å². The van der Waals surface area contributed by atoms with Gasteiger partial charge in [-0.1, -0.05) is 13.8 Å². The number of nitrogens with one attached hydrogen (secondary N) is 1. The third-order valence-corrected chi connectivity index (χ3v) is 1.33. The molecule has 0 saturated carbocycles. The topological polar surface area (TPSA) is 72.2 Å². The van der Waals surface area contributed by atoms with E-state index in [-0.39, 0.29) is 6.42 Å². The first-order valence-corrected chi connectivity index (χ1v) is 3.61. The number of Topliss-reactive ketones (excluding diaryl/α,β-unsaturated/α-hetero) is 1. The first kappa shape index (κ1) is 10.1. The van der Waals surface area contributed by atoms with Crippen LogP contribution in [-0.4, -0.2) is 11.7 Å². The summed E-state index contributed by atoms with van der Waals surface area (Å²) in [7, 11) is 0. The minimum atomic E-state index is -0.703. The Morgan fingerprint density at radius 2 is 2.00 bits per heavy atom. The molecular formula is C7H14N2O2. The van der Waals surface area contributed by atoms with Crippen molar-refractivity contribution in [3.05, 3.63) is 0 Å². The zero-order valence-corrected chi connectivity index (χ0v) is 6.89. The molecule has 0 fully saturated rings. The molecule has 0 aromatic rings. The van der Waals surface area contributed by atoms with Crippen molar-refractivity contribution in [3.63, 3.8) is 0 Å². The van der Waals surface area contributed by atoms with Gasteiger partial charge in [0.25, 0.3) is 0 Å². The maximum Gasteiger partial charge on any atom is 0.301 e. The summed E-state index contributed by atoms with van der Waals surface area (Å²) in [5.41, 5.74) is 1.80. The van der Waals surface area contributed by atoms with Crippen LogP contribution in [0.4, 0.5) is 0 Å². The van der Waals surface area contributed by atoms with Crippen LogP contribution >= 0.6 is 0 Å². The van der Waals surface area contributed by atoms with Gasteiger partial charge in [0.15, 0.2) is 0 Å². The molecule has 0 rings (SSSR count). The highest BCUT2D eigenvalue weighted by molar-refractivity contribution is 6.35. The van der Waals surface area contributed by atoms with E-state index in [4.69, 9.17) is 5.84 Å². The fourth-order valence-corrected chi connectivity index (χ4v) is 0.614. The van der Waals surface area contributed by atoms with Gasteiger partial charge in [0.1, 0.15) is 0 Å². The van der Waals surface area contributed by atoms with E-state index in [1.165, 1.54) is 0 Å². The Hall–Kier alpha value is -0.900. The molecule has 0 radical (unpaired) electrons. The maximum atomic E-state index is 10.8. The van der Waals surface area contributed by atoms with Gasteiger partial charge in [-0.25, -0.2) is 5.84 Å². The summed E-state index contributed by atoms with van der Waals surface area (Å²) < 4.78 is 0. The minimum absolute atomic E-state index is 0.278. The number of ketones is 1. The van der Waals surface area contributed by atoms with E-state index in [0.717, 1.165) is 6.42 Å². The van der Waals surface area contributed by atoms with Crippen molar-refractivity contribution in [3.8, 4) is 0 Å². The highest BCUT2D eigenvalue weighted by atomic mass is 16.2. The minimum Gasteiger partial charge on any atom is -0.289 e. The number of nitrogens with two attached hydrogens (primary N) is 1. The molecule has 0 unspecified atom stereocenters. The van der Waals surface area contributed by atoms with Crippen molar-refractivity contribution < 1.29 is 9.59 Å². The van der Waals surface area contributed by atoms with Gasteiger partial charge in [-0.3, -0.25) is 15.0 Å². The van der Waals surface area contributed by atoms with Crippen LogP contribution in [0, 0.1) is 5.92 Å². The molecule has 0 spiro atoms. The second-order valence-corrected chi connectivity index (χ2v) is 2.83. The molecule has 0 aromatic carbocycles. The van der Waals surface area contributed by atoms with Gasteiger partial charge in [-0.05, 0) is 12.3 Å². The SMILES string of the molecule is CC(C)CCC(=O)C(=O)NN. The predicted octanol–water partition coefficient (Wildman–Crippen LogP) is -0.0184. The molecule has 3 N–H and O–H groups in total. The average Bonchev–Trinajstić information content (AvgIpc) is 1.98. The van der Waals surface area contributed by atoms with Crippen LogP contribution in [0.25, 0.3) is 0 Å². The van der Waals surface area contributed by atoms with Gasteiger partial charge in [0.05, 0.1) is 0 Å². The summed E-state index contributed by atoms with van der Waals surface area (Å²) >= 11 is 0. The lowest BCUT2D eigenvalue weighted by atomic mass is 10.1. The molecule has 4 heteroatoms. The lowest BCUT2D eigenvalue weighted by Crippen LogP contribution is -2.36. The standard InChI is InChI=1S/C7H14N2O2/c1-5(2)3-4-6(10)7(11)9-8/h5H,3-4,8H2,1-2H3,(H,9,11). The Bertz CT molecular complexity index is 155. The zero-order chi connectivity index (χ0) is 8.85. The van der Waals surface area contributed by atoms with Gasteiger partial charge in [-0.15, -0.1) is 0 Å². The molecule has 11 heavy (non-hydrogen) atoms. The van der Waals surface area contributed by atoms with Crippen LogP contribution in [0.2, 0.25) is 0 Å². The number of hydrazine groups is 1. The molecular weight excluding hydrogens is 144 g/mol. The number of rotatable bonds is 4. The summed E-state index contributed by atoms with van der Waals surface area (Å²) in [6.07, 6.45) is 1.01. The Labute approximate surface area is 66.1 Å². The summed E-state index contributed by atoms with van der Waals surface area (Å²) in [6, 6.07) is 0. The Kier molecular flexibility index (Phi) is 4.45. The lowest BCUT2D eigenvalue weighted by Gasteiger charge is -2.01. The summed E-state index contributed by atoms with van der Waals surface area (Å²) in [5.74, 6) is 4.05.